The summed E-state index contributed by atoms with van der Waals surface area (Å²) in [5.74, 6) is 0.294. The second-order valence-electron chi connectivity index (χ2n) is 5.90. The fourth-order valence-corrected chi connectivity index (χ4v) is 4.69. The monoisotopic (exact) mass is 323 g/mol. The van der Waals surface area contributed by atoms with Gasteiger partial charge in [-0.2, -0.15) is 0 Å². The Morgan fingerprint density at radius 2 is 2.00 bits per heavy atom. The van der Waals surface area contributed by atoms with Gasteiger partial charge in [0.1, 0.15) is 4.83 Å². The number of hydrogen-bond acceptors (Lipinski definition) is 4. The molecule has 4 rings (SSSR count). The number of aryl methyl sites for hydroxylation is 3. The van der Waals surface area contributed by atoms with E-state index in [2.05, 4.69) is 12.1 Å². The standard InChI is InChI=1S/C19H17NO2S/c1-11-18(22-12(2)21)16(13-7-4-3-5-8-13)17-14-9-6-10-15(14)23-19(17)20-11/h3-5,7-8H,6,9-10H2,1-2H3. The number of carbonyl (C=O) groups excluding carboxylic acids is 1. The predicted molar refractivity (Wildman–Crippen MR) is 93.1 cm³/mol. The number of aromatic nitrogens is 1. The van der Waals surface area contributed by atoms with Crippen LogP contribution in [0.5, 0.6) is 5.75 Å². The van der Waals surface area contributed by atoms with Crippen molar-refractivity contribution in [3.63, 3.8) is 0 Å². The van der Waals surface area contributed by atoms with Gasteiger partial charge in [0.2, 0.25) is 0 Å². The van der Waals surface area contributed by atoms with Crippen LogP contribution in [0, 0.1) is 6.92 Å². The molecule has 3 aromatic rings. The molecule has 1 aliphatic rings. The lowest BCUT2D eigenvalue weighted by atomic mass is 9.98. The Morgan fingerprint density at radius 3 is 2.74 bits per heavy atom. The number of nitrogens with zero attached hydrogens (tertiary/aromatic N) is 1. The first kappa shape index (κ1) is 14.4. The Hall–Kier alpha value is -2.20. The van der Waals surface area contributed by atoms with Gasteiger partial charge in [-0.1, -0.05) is 30.3 Å². The molecule has 1 aromatic carbocycles. The summed E-state index contributed by atoms with van der Waals surface area (Å²) in [6.07, 6.45) is 3.41. The molecule has 1 aliphatic carbocycles. The molecule has 0 saturated carbocycles. The number of hydrogen-bond donors (Lipinski definition) is 0. The summed E-state index contributed by atoms with van der Waals surface area (Å²) in [6, 6.07) is 10.2. The molecule has 116 valence electrons. The van der Waals surface area contributed by atoms with E-state index in [9.17, 15) is 4.79 Å². The zero-order valence-electron chi connectivity index (χ0n) is 13.2. The van der Waals surface area contributed by atoms with Crippen LogP contribution in [0.15, 0.2) is 30.3 Å². The minimum Gasteiger partial charge on any atom is -0.424 e. The van der Waals surface area contributed by atoms with Crippen molar-refractivity contribution >= 4 is 27.5 Å². The number of fused-ring (bicyclic) bond motifs is 3. The summed E-state index contributed by atoms with van der Waals surface area (Å²) in [5, 5.41) is 1.18. The van der Waals surface area contributed by atoms with Crippen LogP contribution < -0.4 is 4.74 Å². The van der Waals surface area contributed by atoms with Crippen molar-refractivity contribution < 1.29 is 9.53 Å². The highest BCUT2D eigenvalue weighted by atomic mass is 32.1. The van der Waals surface area contributed by atoms with Gasteiger partial charge in [-0.15, -0.1) is 11.3 Å². The van der Waals surface area contributed by atoms with Crippen LogP contribution in [0.25, 0.3) is 21.3 Å². The molecule has 0 spiro atoms. The second kappa shape index (κ2) is 5.46. The molecule has 0 unspecified atom stereocenters. The highest BCUT2D eigenvalue weighted by Gasteiger charge is 2.25. The minimum absolute atomic E-state index is 0.307. The molecule has 0 radical (unpaired) electrons. The van der Waals surface area contributed by atoms with Gasteiger partial charge in [0.15, 0.2) is 5.75 Å². The number of carbonyl (C=O) groups is 1. The Balaban J connectivity index is 2.11. The fraction of sp³-hybridized carbons (Fsp3) is 0.263. The van der Waals surface area contributed by atoms with E-state index in [1.54, 1.807) is 11.3 Å². The second-order valence-corrected chi connectivity index (χ2v) is 6.98. The normalized spacial score (nSPS) is 13.3. The van der Waals surface area contributed by atoms with Crippen LogP contribution in [-0.2, 0) is 17.6 Å². The molecule has 0 amide bonds. The third kappa shape index (κ3) is 2.34. The van der Waals surface area contributed by atoms with Crippen LogP contribution in [0.4, 0.5) is 0 Å². The molecule has 0 atom stereocenters. The zero-order valence-corrected chi connectivity index (χ0v) is 14.0. The number of rotatable bonds is 2. The number of ether oxygens (including phenoxy) is 1. The van der Waals surface area contributed by atoms with Gasteiger partial charge in [-0.3, -0.25) is 4.79 Å². The van der Waals surface area contributed by atoms with E-state index in [1.165, 1.54) is 29.2 Å². The van der Waals surface area contributed by atoms with Crippen LogP contribution in [0.3, 0.4) is 0 Å². The van der Waals surface area contributed by atoms with E-state index in [1.807, 2.05) is 25.1 Å². The summed E-state index contributed by atoms with van der Waals surface area (Å²) in [7, 11) is 0. The van der Waals surface area contributed by atoms with Crippen molar-refractivity contribution in [2.45, 2.75) is 33.1 Å². The number of thiophene rings is 1. The highest BCUT2D eigenvalue weighted by molar-refractivity contribution is 7.19. The third-order valence-corrected chi connectivity index (χ3v) is 5.47. The number of esters is 1. The van der Waals surface area contributed by atoms with Gasteiger partial charge in [0, 0.05) is 22.8 Å². The van der Waals surface area contributed by atoms with Crippen molar-refractivity contribution in [1.29, 1.82) is 0 Å². The van der Waals surface area contributed by atoms with Crippen molar-refractivity contribution in [2.24, 2.45) is 0 Å². The van der Waals surface area contributed by atoms with Gasteiger partial charge in [-0.25, -0.2) is 4.98 Å². The first-order chi connectivity index (χ1) is 11.1. The average Bonchev–Trinajstić information content (AvgIpc) is 3.09. The SMILES string of the molecule is CC(=O)Oc1c(C)nc2sc3c(c2c1-c1ccccc1)CCC3. The van der Waals surface area contributed by atoms with E-state index in [-0.39, 0.29) is 5.97 Å². The number of pyridine rings is 1. The molecule has 2 aromatic heterocycles. The zero-order chi connectivity index (χ0) is 16.0. The van der Waals surface area contributed by atoms with Crippen molar-refractivity contribution in [3.8, 4) is 16.9 Å². The smallest absolute Gasteiger partial charge is 0.308 e. The summed E-state index contributed by atoms with van der Waals surface area (Å²) in [6.45, 7) is 3.35. The van der Waals surface area contributed by atoms with Crippen molar-refractivity contribution in [1.82, 2.24) is 4.98 Å². The molecule has 0 fully saturated rings. The molecule has 0 bridgehead atoms. The molecule has 0 aliphatic heterocycles. The van der Waals surface area contributed by atoms with E-state index in [0.29, 0.717) is 5.75 Å². The fourth-order valence-electron chi connectivity index (χ4n) is 3.37. The maximum atomic E-state index is 11.6. The summed E-state index contributed by atoms with van der Waals surface area (Å²) >= 11 is 1.79. The highest BCUT2D eigenvalue weighted by Crippen LogP contribution is 2.46. The Labute approximate surface area is 138 Å². The minimum atomic E-state index is -0.307. The van der Waals surface area contributed by atoms with E-state index in [0.717, 1.165) is 34.5 Å². The first-order valence-electron chi connectivity index (χ1n) is 7.84. The molecule has 0 saturated heterocycles. The predicted octanol–water partition coefficient (Wildman–Crippen LogP) is 4.69. The molecular weight excluding hydrogens is 306 g/mol. The first-order valence-corrected chi connectivity index (χ1v) is 8.65. The van der Waals surface area contributed by atoms with Crippen molar-refractivity contribution in [2.75, 3.05) is 0 Å². The van der Waals surface area contributed by atoms with E-state index < -0.39 is 0 Å². The van der Waals surface area contributed by atoms with Gasteiger partial charge < -0.3 is 4.74 Å². The lowest BCUT2D eigenvalue weighted by Gasteiger charge is -2.14. The van der Waals surface area contributed by atoms with E-state index in [4.69, 9.17) is 9.72 Å². The van der Waals surface area contributed by atoms with E-state index >= 15 is 0 Å². The van der Waals surface area contributed by atoms with Gasteiger partial charge >= 0.3 is 5.97 Å². The Morgan fingerprint density at radius 1 is 1.22 bits per heavy atom. The summed E-state index contributed by atoms with van der Waals surface area (Å²) in [4.78, 5) is 18.8. The quantitative estimate of drug-likeness (QED) is 0.642. The Bertz CT molecular complexity index is 912. The molecule has 2 heterocycles. The van der Waals surface area contributed by atoms with Crippen molar-refractivity contribution in [3.05, 3.63) is 46.5 Å². The topological polar surface area (TPSA) is 39.2 Å². The van der Waals surface area contributed by atoms with Crippen LogP contribution in [-0.4, -0.2) is 11.0 Å². The molecule has 0 N–H and O–H groups in total. The van der Waals surface area contributed by atoms with Crippen LogP contribution in [0.1, 0.15) is 29.5 Å². The maximum absolute atomic E-state index is 11.6. The lowest BCUT2D eigenvalue weighted by Crippen LogP contribution is -2.06. The Kier molecular flexibility index (Phi) is 3.42. The molecule has 23 heavy (non-hydrogen) atoms. The maximum Gasteiger partial charge on any atom is 0.308 e. The van der Waals surface area contributed by atoms with Crippen LogP contribution >= 0.6 is 11.3 Å². The summed E-state index contributed by atoms with van der Waals surface area (Å²) < 4.78 is 5.57. The van der Waals surface area contributed by atoms with Gasteiger partial charge in [0.25, 0.3) is 0 Å². The van der Waals surface area contributed by atoms with Gasteiger partial charge in [0.05, 0.1) is 5.69 Å². The third-order valence-electron chi connectivity index (χ3n) is 4.29. The van der Waals surface area contributed by atoms with Gasteiger partial charge in [-0.05, 0) is 37.3 Å². The number of benzene rings is 1. The largest absolute Gasteiger partial charge is 0.424 e. The molecule has 3 nitrogen and oxygen atoms in total. The average molecular weight is 323 g/mol. The van der Waals surface area contributed by atoms with Crippen LogP contribution in [0.2, 0.25) is 0 Å². The summed E-state index contributed by atoms with van der Waals surface area (Å²) in [5.41, 5.74) is 4.26. The molecular formula is C19H17NO2S. The molecule has 4 heteroatoms. The lowest BCUT2D eigenvalue weighted by molar-refractivity contribution is -0.131.